The second-order valence-electron chi connectivity index (χ2n) is 36.2. The van der Waals surface area contributed by atoms with E-state index in [0.717, 1.165) is 95.3 Å². The molecule has 0 aliphatic carbocycles. The molecule has 0 spiro atoms. The third kappa shape index (κ3) is 14.4. The highest BCUT2D eigenvalue weighted by atomic mass is 28.3. The molecule has 127 heavy (non-hydrogen) atoms. The molecule has 0 saturated heterocycles. The van der Waals surface area contributed by atoms with Crippen molar-refractivity contribution in [1.29, 1.82) is 0 Å². The molecule has 0 saturated carbocycles. The van der Waals surface area contributed by atoms with E-state index >= 15 is 0 Å². The summed E-state index contributed by atoms with van der Waals surface area (Å²) in [7, 11) is -7.06. The molecule has 21 rings (SSSR count). The van der Waals surface area contributed by atoms with E-state index in [1.807, 2.05) is 0 Å². The molecule has 606 valence electrons. The summed E-state index contributed by atoms with van der Waals surface area (Å²) in [6.07, 6.45) is 0. The van der Waals surface area contributed by atoms with E-state index in [1.165, 1.54) is 96.8 Å². The Kier molecular flexibility index (Phi) is 20.7. The van der Waals surface area contributed by atoms with Crippen LogP contribution >= 0.6 is 0 Å². The second kappa shape index (κ2) is 33.1. The number of anilines is 6. The minimum atomic E-state index is -3.53. The van der Waals surface area contributed by atoms with E-state index in [9.17, 15) is 0 Å². The molecule has 2 aliphatic heterocycles. The molecular formula is C122H97BN2Si2. The van der Waals surface area contributed by atoms with Crippen LogP contribution in [0, 0.1) is 0 Å². The highest BCUT2D eigenvalue weighted by molar-refractivity contribution is 7.22. The van der Waals surface area contributed by atoms with Gasteiger partial charge in [-0.1, -0.05) is 484 Å². The zero-order chi connectivity index (χ0) is 85.8. The van der Waals surface area contributed by atoms with Gasteiger partial charge in [-0.3, -0.25) is 0 Å². The molecule has 19 aromatic carbocycles. The van der Waals surface area contributed by atoms with Crippen LogP contribution in [0.25, 0.3) is 89.0 Å². The van der Waals surface area contributed by atoms with Gasteiger partial charge in [0.15, 0.2) is 16.1 Å². The Labute approximate surface area is 750 Å². The smallest absolute Gasteiger partial charge is 0.252 e. The highest BCUT2D eigenvalue weighted by Crippen LogP contribution is 2.52. The standard InChI is InChI=1S/C122H97BN2Si2/c1-121(2,3)100-73-97(74-101(84-100)122(4,5)6)99-82-118-120-119(83-99)125(116-80-95(89-47-23-10-24-48-89)67-70-111(116)91-51-27-12-28-52-91)115-72-69-94(88-45-21-9-22-46-88)79-113(115)123(120)112-71-68-96(81-117(112)124(118)114-66-38-37-65-110(114)90-49-25-11-26-50-90)98-77-108(126(102-55-29-13-30-56-102,103-57-31-14-32-58-103)106-63-39-53-92(75-106)86-41-17-7-18-42-86)85-109(78-98)127(104-59-33-15-34-60-104,105-61-35-16-36-62-105)107-64-40-54-93(76-107)87-43-19-8-20-44-87/h7-85H,1-6H3. The molecule has 5 heteroatoms. The first-order valence-corrected chi connectivity index (χ1v) is 48.6. The van der Waals surface area contributed by atoms with Gasteiger partial charge in [-0.2, -0.15) is 0 Å². The number of hydrogen-bond acceptors (Lipinski definition) is 2. The quantitative estimate of drug-likeness (QED) is 0.0624. The highest BCUT2D eigenvalue weighted by Gasteiger charge is 2.49. The molecule has 2 aliphatic rings. The molecule has 0 atom stereocenters. The molecule has 0 N–H and O–H groups in total. The normalized spacial score (nSPS) is 12.4. The van der Waals surface area contributed by atoms with Crippen molar-refractivity contribution in [1.82, 2.24) is 0 Å². The maximum atomic E-state index is 2.72. The Balaban J connectivity index is 0.923. The van der Waals surface area contributed by atoms with E-state index in [2.05, 4.69) is 531 Å². The van der Waals surface area contributed by atoms with Crippen molar-refractivity contribution in [3.05, 3.63) is 490 Å². The first-order valence-electron chi connectivity index (χ1n) is 44.6. The lowest BCUT2D eigenvalue weighted by Crippen LogP contribution is -2.78. The maximum absolute atomic E-state index is 3.53. The predicted molar refractivity (Wildman–Crippen MR) is 549 cm³/mol. The molecule has 0 amide bonds. The van der Waals surface area contributed by atoms with Crippen molar-refractivity contribution < 1.29 is 0 Å². The van der Waals surface area contributed by atoms with Gasteiger partial charge in [0.05, 0.1) is 11.4 Å². The Morgan fingerprint density at radius 1 is 0.173 bits per heavy atom. The molecule has 2 heterocycles. The van der Waals surface area contributed by atoms with Crippen LogP contribution in [-0.2, 0) is 10.8 Å². The van der Waals surface area contributed by atoms with Crippen LogP contribution in [0.5, 0.6) is 0 Å². The number of benzene rings is 19. The molecule has 0 radical (unpaired) electrons. The average Bonchev–Trinajstić information content (AvgIpc) is 0.693. The van der Waals surface area contributed by atoms with Crippen LogP contribution in [-0.4, -0.2) is 22.9 Å². The van der Waals surface area contributed by atoms with E-state index in [4.69, 9.17) is 0 Å². The second-order valence-corrected chi connectivity index (χ2v) is 43.9. The molecule has 0 fully saturated rings. The Morgan fingerprint density at radius 3 is 0.906 bits per heavy atom. The van der Waals surface area contributed by atoms with Crippen LogP contribution in [0.3, 0.4) is 0 Å². The van der Waals surface area contributed by atoms with E-state index < -0.39 is 16.1 Å². The van der Waals surface area contributed by atoms with Crippen molar-refractivity contribution in [2.45, 2.75) is 52.4 Å². The molecule has 0 bridgehead atoms. The summed E-state index contributed by atoms with van der Waals surface area (Å²) < 4.78 is 0. The lowest BCUT2D eigenvalue weighted by Gasteiger charge is -2.45. The minimum absolute atomic E-state index is 0.173. The summed E-state index contributed by atoms with van der Waals surface area (Å²) in [4.78, 5) is 5.37. The predicted octanol–water partition coefficient (Wildman–Crippen LogP) is 24.5. The van der Waals surface area contributed by atoms with Gasteiger partial charge >= 0.3 is 0 Å². The number of fused-ring (bicyclic) bond motifs is 4. The summed E-state index contributed by atoms with van der Waals surface area (Å²) in [6.45, 7) is 13.9. The van der Waals surface area contributed by atoms with Gasteiger partial charge in [0, 0.05) is 33.9 Å². The van der Waals surface area contributed by atoms with Gasteiger partial charge in [0.25, 0.3) is 6.71 Å². The minimum Gasteiger partial charge on any atom is -0.311 e. The summed E-state index contributed by atoms with van der Waals surface area (Å²) in [5.74, 6) is 0. The van der Waals surface area contributed by atoms with Gasteiger partial charge in [0.2, 0.25) is 0 Å². The van der Waals surface area contributed by atoms with Crippen molar-refractivity contribution in [2.75, 3.05) is 9.80 Å². The van der Waals surface area contributed by atoms with Crippen molar-refractivity contribution in [3.63, 3.8) is 0 Å². The molecule has 19 aromatic rings. The van der Waals surface area contributed by atoms with Gasteiger partial charge in [-0.15, -0.1) is 0 Å². The number of para-hydroxylation sites is 1. The van der Waals surface area contributed by atoms with E-state index in [-0.39, 0.29) is 17.5 Å². The van der Waals surface area contributed by atoms with Gasteiger partial charge < -0.3 is 9.80 Å². The third-order valence-corrected chi connectivity index (χ3v) is 36.1. The average molecular weight is 1660 g/mol. The summed E-state index contributed by atoms with van der Waals surface area (Å²) in [5.41, 5.74) is 31.1. The Morgan fingerprint density at radius 2 is 0.472 bits per heavy atom. The zero-order valence-electron chi connectivity index (χ0n) is 72.6. The topological polar surface area (TPSA) is 6.48 Å². The fraction of sp³-hybridized carbons (Fsp3) is 0.0656. The lowest BCUT2D eigenvalue weighted by molar-refractivity contribution is 0.569. The Hall–Kier alpha value is -14.7. The first-order chi connectivity index (χ1) is 62.2. The van der Waals surface area contributed by atoms with Crippen LogP contribution in [0.15, 0.2) is 479 Å². The third-order valence-electron chi connectivity index (χ3n) is 26.6. The Bertz CT molecular complexity index is 6940. The fourth-order valence-corrected chi connectivity index (χ4v) is 30.2. The summed E-state index contributed by atoms with van der Waals surface area (Å²) in [6, 6.07) is 184. The van der Waals surface area contributed by atoms with Crippen molar-refractivity contribution in [3.8, 4) is 89.0 Å². The molecule has 0 unspecified atom stereocenters. The first kappa shape index (κ1) is 79.5. The lowest BCUT2D eigenvalue weighted by atomic mass is 9.33. The maximum Gasteiger partial charge on any atom is 0.252 e. The number of rotatable bonds is 18. The van der Waals surface area contributed by atoms with Crippen molar-refractivity contribution in [2.24, 2.45) is 0 Å². The number of hydrogen-bond donors (Lipinski definition) is 0. The number of nitrogens with zero attached hydrogens (tertiary/aromatic N) is 2. The van der Waals surface area contributed by atoms with Crippen LogP contribution in [0.4, 0.5) is 34.1 Å². The monoisotopic (exact) mass is 1660 g/mol. The summed E-state index contributed by atoms with van der Waals surface area (Å²) >= 11 is 0. The molecule has 2 nitrogen and oxygen atoms in total. The zero-order valence-corrected chi connectivity index (χ0v) is 74.6. The van der Waals surface area contributed by atoms with Gasteiger partial charge in [-0.05, 0) is 194 Å². The molecule has 0 aromatic heterocycles. The van der Waals surface area contributed by atoms with E-state index in [0.29, 0.717) is 0 Å². The van der Waals surface area contributed by atoms with E-state index in [1.54, 1.807) is 0 Å². The van der Waals surface area contributed by atoms with Crippen LogP contribution in [0.1, 0.15) is 52.7 Å². The largest absolute Gasteiger partial charge is 0.311 e. The fourth-order valence-electron chi connectivity index (χ4n) is 20.4. The SMILES string of the molecule is CC(C)(C)c1cc(-c2cc3c4c(c2)N(c2cc(-c5ccccc5)ccc2-c2ccccc2)c2ccc(-c5ccccc5)cc2B4c2ccc(-c4cc([Si](c5ccccc5)(c5ccccc5)c5cccc(-c6ccccc6)c5)cc([Si](c5ccccc5)(c5ccccc5)c5cccc(-c6ccccc6)c5)c4)cc2N3c2ccccc2-c2ccccc2)cc(C(C)(C)C)c1. The van der Waals surface area contributed by atoms with Gasteiger partial charge in [0.1, 0.15) is 0 Å². The van der Waals surface area contributed by atoms with Crippen LogP contribution in [0.2, 0.25) is 0 Å². The summed E-state index contributed by atoms with van der Waals surface area (Å²) in [5, 5.41) is 10.4. The van der Waals surface area contributed by atoms with Crippen LogP contribution < -0.4 is 67.7 Å². The van der Waals surface area contributed by atoms with Crippen molar-refractivity contribution >= 4 is 115 Å². The molecular weight excluding hydrogens is 1560 g/mol. The van der Waals surface area contributed by atoms with Gasteiger partial charge in [-0.25, -0.2) is 0 Å².